The summed E-state index contributed by atoms with van der Waals surface area (Å²) < 4.78 is 0. The fraction of sp³-hybridized carbons (Fsp3) is 0. The van der Waals surface area contributed by atoms with Gasteiger partial charge in [0.2, 0.25) is 0 Å². The van der Waals surface area contributed by atoms with Crippen LogP contribution in [-0.4, -0.2) is 48.2 Å². The van der Waals surface area contributed by atoms with Crippen LogP contribution in [0.5, 0.6) is 0 Å². The van der Waals surface area contributed by atoms with Crippen LogP contribution in [0.25, 0.3) is 0 Å². The SMILES string of the molecule is [I][Hg].[K][I].[Na+].[OH-]. The Morgan fingerprint density at radius 2 is 1.17 bits per heavy atom. The van der Waals surface area contributed by atoms with Crippen molar-refractivity contribution in [2.24, 2.45) is 0 Å². The van der Waals surface area contributed by atoms with Gasteiger partial charge in [-0.2, -0.15) is 0 Å². The normalized spacial score (nSPS) is 2.33. The van der Waals surface area contributed by atoms with Crippen LogP contribution in [0.15, 0.2) is 0 Å². The van der Waals surface area contributed by atoms with Crippen LogP contribution in [0, 0.1) is 0 Å². The molecule has 0 atom stereocenters. The van der Waals surface area contributed by atoms with E-state index in [9.17, 15) is 0 Å². The van der Waals surface area contributed by atoms with Crippen LogP contribution in [0.3, 0.4) is 0 Å². The minimum Gasteiger partial charge on any atom is -0.870 e. The van der Waals surface area contributed by atoms with E-state index in [-0.39, 0.29) is 35.0 Å². The Morgan fingerprint density at radius 1 is 1.17 bits per heavy atom. The summed E-state index contributed by atoms with van der Waals surface area (Å²) in [6, 6.07) is 0. The van der Waals surface area contributed by atoms with Crippen LogP contribution in [-0.2, 0) is 21.8 Å². The molecule has 1 nitrogen and oxygen atoms in total. The Bertz CT molecular complexity index is 13.5. The van der Waals surface area contributed by atoms with Gasteiger partial charge in [-0.1, -0.05) is 0 Å². The third-order valence-electron chi connectivity index (χ3n) is 0. The second-order valence-corrected chi connectivity index (χ2v) is 0. The van der Waals surface area contributed by atoms with Crippen molar-refractivity contribution in [3.63, 3.8) is 0 Å². The molecule has 0 aromatic rings. The van der Waals surface area contributed by atoms with E-state index in [0.29, 0.717) is 0 Å². The average Bonchev–Trinajstić information content (AvgIpc) is 1.50. The molecule has 0 saturated heterocycles. The van der Waals surface area contributed by atoms with Crippen molar-refractivity contribution in [1.82, 2.24) is 0 Å². The van der Waals surface area contributed by atoms with Crippen molar-refractivity contribution in [2.75, 3.05) is 0 Å². The van der Waals surface area contributed by atoms with Gasteiger partial charge in [0.1, 0.15) is 0 Å². The molecule has 0 radical (unpaired) electrons. The molecule has 1 N–H and O–H groups in total. The molecular formula is HHgI2KNaO. The molecule has 0 amide bonds. The fourth-order valence-corrected chi connectivity index (χ4v) is 0. The summed E-state index contributed by atoms with van der Waals surface area (Å²) in [6.07, 6.45) is 0. The van der Waals surface area contributed by atoms with Crippen molar-refractivity contribution >= 4 is 71.6 Å². The number of hydrogen-bond acceptors (Lipinski definition) is 1. The summed E-state index contributed by atoms with van der Waals surface area (Å²) in [6.45, 7) is 0. The predicted molar refractivity (Wildman–Crippen MR) is 35.7 cm³/mol. The summed E-state index contributed by atoms with van der Waals surface area (Å²) in [7, 11) is 0. The van der Waals surface area contributed by atoms with Crippen LogP contribution >= 0.6 is 28.9 Å². The Kier molecular flexibility index (Phi) is 121. The molecule has 0 fully saturated rings. The molecule has 0 bridgehead atoms. The smallest absolute Gasteiger partial charge is 0.870 e. The molecule has 0 saturated carbocycles. The standard InChI is InChI=1S/Hg.2HI.K.Na.H2O/h;2*1H;;;1H2/q+1;;;2*+1;/p-3. The first-order valence-corrected chi connectivity index (χ1v) is 26.2. The summed E-state index contributed by atoms with van der Waals surface area (Å²) in [5.41, 5.74) is 0. The fourth-order valence-electron chi connectivity index (χ4n) is 0. The second kappa shape index (κ2) is 32.4. The quantitative estimate of drug-likeness (QED) is 0.268. The van der Waals surface area contributed by atoms with Crippen LogP contribution < -0.4 is 29.6 Å². The predicted octanol–water partition coefficient (Wildman–Crippen LogP) is -1.78. The van der Waals surface area contributed by atoms with E-state index < -0.39 is 0 Å². The molecule has 0 aromatic heterocycles. The molecule has 0 unspecified atom stereocenters. The van der Waals surface area contributed by atoms with Crippen LogP contribution in [0.1, 0.15) is 0 Å². The largest absolute Gasteiger partial charge is 1.00 e. The molecule has 0 aliphatic rings. The molecule has 0 heterocycles. The van der Waals surface area contributed by atoms with E-state index in [2.05, 4.69) is 28.9 Å². The maximum atomic E-state index is 2.34. The van der Waals surface area contributed by atoms with Gasteiger partial charge in [0.05, 0.1) is 0 Å². The van der Waals surface area contributed by atoms with E-state index >= 15 is 0 Å². The summed E-state index contributed by atoms with van der Waals surface area (Å²) in [5.74, 6) is 0. The molecule has 0 aromatic carbocycles. The second-order valence-electron chi connectivity index (χ2n) is 0. The van der Waals surface area contributed by atoms with E-state index in [1.165, 1.54) is 0 Å². The molecule has 6 heavy (non-hydrogen) atoms. The molecule has 0 rings (SSSR count). The van der Waals surface area contributed by atoms with Gasteiger partial charge in [-0.25, -0.2) is 0 Å². The third-order valence-corrected chi connectivity index (χ3v) is 0. The maximum absolute atomic E-state index is 2.34. The zero-order chi connectivity index (χ0) is 4.00. The summed E-state index contributed by atoms with van der Waals surface area (Å²) in [4.78, 5) is 0. The summed E-state index contributed by atoms with van der Waals surface area (Å²) in [5, 5.41) is 0. The van der Waals surface area contributed by atoms with Crippen molar-refractivity contribution in [2.45, 2.75) is 0 Å². The van der Waals surface area contributed by atoms with Gasteiger partial charge in [-0.3, -0.25) is 0 Å². The number of hydrogen-bond donors (Lipinski definition) is 0. The number of rotatable bonds is 0. The van der Waals surface area contributed by atoms with Gasteiger partial charge >= 0.3 is 123 Å². The van der Waals surface area contributed by atoms with Crippen molar-refractivity contribution in [3.8, 4) is 0 Å². The van der Waals surface area contributed by atoms with Gasteiger partial charge in [0.15, 0.2) is 0 Å². The summed E-state index contributed by atoms with van der Waals surface area (Å²) >= 11 is 6.71. The van der Waals surface area contributed by atoms with E-state index in [1.807, 2.05) is 0 Å². The first-order valence-electron chi connectivity index (χ1n) is 0.645. The van der Waals surface area contributed by atoms with Gasteiger partial charge < -0.3 is 5.48 Å². The minimum absolute atomic E-state index is 0. The topological polar surface area (TPSA) is 30.0 Å². The molecule has 0 aliphatic carbocycles. The Labute approximate surface area is 124 Å². The zero-order valence-electron chi connectivity index (χ0n) is 3.91. The van der Waals surface area contributed by atoms with E-state index in [1.54, 1.807) is 0 Å². The molecule has 25 valence electrons. The van der Waals surface area contributed by atoms with Gasteiger partial charge in [-0.15, -0.1) is 0 Å². The first kappa shape index (κ1) is 22.4. The molecule has 0 spiro atoms. The maximum Gasteiger partial charge on any atom is 1.00 e. The first-order chi connectivity index (χ1) is 2.00. The van der Waals surface area contributed by atoms with Crippen LogP contribution in [0.4, 0.5) is 0 Å². The number of halogens is 2. The average molecular weight is 533 g/mol. The van der Waals surface area contributed by atoms with Crippen molar-refractivity contribution in [3.05, 3.63) is 0 Å². The Balaban J connectivity index is -0.00000000500. The van der Waals surface area contributed by atoms with Crippen molar-refractivity contribution in [1.29, 1.82) is 0 Å². The monoisotopic (exact) mass is 535 g/mol. The Hall–Kier alpha value is 4.99. The molecule has 0 aliphatic heterocycles. The zero-order valence-corrected chi connectivity index (χ0v) is 18.8. The third kappa shape index (κ3) is 23.0. The molecule has 6 heteroatoms. The van der Waals surface area contributed by atoms with Gasteiger partial charge in [0.25, 0.3) is 0 Å². The van der Waals surface area contributed by atoms with Gasteiger partial charge in [-0.05, 0) is 0 Å². The minimum atomic E-state index is 0. The molecular weight excluding hydrogens is 532 g/mol. The van der Waals surface area contributed by atoms with Crippen LogP contribution in [0.2, 0.25) is 0 Å². The van der Waals surface area contributed by atoms with Gasteiger partial charge in [0, 0.05) is 0 Å². The Morgan fingerprint density at radius 3 is 1.17 bits per heavy atom. The van der Waals surface area contributed by atoms with E-state index in [4.69, 9.17) is 0 Å². The van der Waals surface area contributed by atoms with Crippen molar-refractivity contribution < 1.29 is 56.8 Å². The van der Waals surface area contributed by atoms with E-state index in [0.717, 1.165) is 64.5 Å².